The van der Waals surface area contributed by atoms with Crippen LogP contribution in [0.15, 0.2) is 53.9 Å². The van der Waals surface area contributed by atoms with Gasteiger partial charge in [0.1, 0.15) is 0 Å². The van der Waals surface area contributed by atoms with Gasteiger partial charge < -0.3 is 9.88 Å². The van der Waals surface area contributed by atoms with E-state index in [1.807, 2.05) is 30.5 Å². The Bertz CT molecular complexity index is 908. The Labute approximate surface area is 169 Å². The molecule has 0 fully saturated rings. The molecule has 1 amide bonds. The van der Waals surface area contributed by atoms with Crippen LogP contribution >= 0.6 is 11.8 Å². The number of hydrogen-bond donors (Lipinski definition) is 1. The number of aromatic nitrogens is 4. The molecule has 0 saturated heterocycles. The minimum absolute atomic E-state index is 0.0202. The van der Waals surface area contributed by atoms with Crippen LogP contribution in [0.5, 0.6) is 0 Å². The van der Waals surface area contributed by atoms with Gasteiger partial charge in [0.05, 0.1) is 11.8 Å². The summed E-state index contributed by atoms with van der Waals surface area (Å²) in [7, 11) is 0. The molecule has 2 aromatic heterocycles. The van der Waals surface area contributed by atoms with Gasteiger partial charge in [-0.1, -0.05) is 43.0 Å². The number of thioether (sulfide) groups is 1. The van der Waals surface area contributed by atoms with Gasteiger partial charge in [0.25, 0.3) is 0 Å². The number of nitrogens with zero attached hydrogens (tertiary/aromatic N) is 4. The van der Waals surface area contributed by atoms with E-state index in [-0.39, 0.29) is 11.9 Å². The van der Waals surface area contributed by atoms with Crippen LogP contribution in [0.25, 0.3) is 11.4 Å². The molecular weight excluding hydrogens is 370 g/mol. The van der Waals surface area contributed by atoms with Crippen molar-refractivity contribution in [1.29, 1.82) is 0 Å². The van der Waals surface area contributed by atoms with Crippen molar-refractivity contribution >= 4 is 17.7 Å². The first-order valence-corrected chi connectivity index (χ1v) is 10.5. The predicted octanol–water partition coefficient (Wildman–Crippen LogP) is 3.89. The zero-order valence-corrected chi connectivity index (χ0v) is 17.2. The summed E-state index contributed by atoms with van der Waals surface area (Å²) >= 11 is 1.40. The maximum absolute atomic E-state index is 12.4. The number of benzene rings is 1. The van der Waals surface area contributed by atoms with E-state index in [0.717, 1.165) is 35.1 Å². The number of carbonyl (C=O) groups excluding carboxylic acids is 1. The minimum Gasteiger partial charge on any atom is -0.349 e. The highest BCUT2D eigenvalue weighted by molar-refractivity contribution is 7.99. The molecule has 0 radical (unpaired) electrons. The standard InChI is InChI=1S/C21H25N5OS/c1-4-16-6-8-17(9-7-16)15(3)23-19(27)14-28-21-25-24-20(26(21)5-2)18-10-12-22-13-11-18/h6-13,15H,4-5,14H2,1-3H3,(H,23,27)/t15-/m0/s1. The summed E-state index contributed by atoms with van der Waals surface area (Å²) in [4.78, 5) is 16.4. The SMILES string of the molecule is CCc1ccc([C@H](C)NC(=O)CSc2nnc(-c3ccncc3)n2CC)cc1. The average Bonchev–Trinajstić information content (AvgIpc) is 3.16. The molecule has 0 unspecified atom stereocenters. The first-order chi connectivity index (χ1) is 13.6. The summed E-state index contributed by atoms with van der Waals surface area (Å²) in [5.74, 6) is 1.07. The smallest absolute Gasteiger partial charge is 0.230 e. The average molecular weight is 396 g/mol. The molecule has 2 heterocycles. The third-order valence-corrected chi connectivity index (χ3v) is 5.54. The lowest BCUT2D eigenvalue weighted by Crippen LogP contribution is -2.28. The van der Waals surface area contributed by atoms with Crippen molar-refractivity contribution in [2.24, 2.45) is 0 Å². The number of hydrogen-bond acceptors (Lipinski definition) is 5. The fourth-order valence-electron chi connectivity index (χ4n) is 2.93. The van der Waals surface area contributed by atoms with Gasteiger partial charge in [-0.05, 0) is 43.5 Å². The van der Waals surface area contributed by atoms with E-state index in [1.165, 1.54) is 17.3 Å². The second-order valence-electron chi connectivity index (χ2n) is 6.46. The minimum atomic E-state index is -0.0320. The van der Waals surface area contributed by atoms with Crippen molar-refractivity contribution in [3.05, 3.63) is 59.9 Å². The molecule has 6 nitrogen and oxygen atoms in total. The second kappa shape index (κ2) is 9.50. The van der Waals surface area contributed by atoms with Crippen LogP contribution in [-0.2, 0) is 17.8 Å². The highest BCUT2D eigenvalue weighted by Crippen LogP contribution is 2.23. The Kier molecular flexibility index (Phi) is 6.81. The summed E-state index contributed by atoms with van der Waals surface area (Å²) in [6, 6.07) is 12.1. The van der Waals surface area contributed by atoms with Crippen LogP contribution in [0.2, 0.25) is 0 Å². The van der Waals surface area contributed by atoms with E-state index in [0.29, 0.717) is 5.75 Å². The number of nitrogens with one attached hydrogen (secondary N) is 1. The zero-order valence-electron chi connectivity index (χ0n) is 16.4. The first-order valence-electron chi connectivity index (χ1n) is 9.47. The second-order valence-corrected chi connectivity index (χ2v) is 7.40. The van der Waals surface area contributed by atoms with Crippen molar-refractivity contribution in [2.45, 2.75) is 44.9 Å². The van der Waals surface area contributed by atoms with Gasteiger partial charge in [0.15, 0.2) is 11.0 Å². The van der Waals surface area contributed by atoms with E-state index in [9.17, 15) is 4.79 Å². The largest absolute Gasteiger partial charge is 0.349 e. The topological polar surface area (TPSA) is 72.7 Å². The van der Waals surface area contributed by atoms with Crippen molar-refractivity contribution in [3.63, 3.8) is 0 Å². The Balaban J connectivity index is 1.60. The molecule has 0 aliphatic rings. The van der Waals surface area contributed by atoms with E-state index in [4.69, 9.17) is 0 Å². The molecule has 0 saturated carbocycles. The predicted molar refractivity (Wildman–Crippen MR) is 112 cm³/mol. The molecule has 0 aliphatic carbocycles. The van der Waals surface area contributed by atoms with E-state index >= 15 is 0 Å². The van der Waals surface area contributed by atoms with Crippen LogP contribution in [0.1, 0.15) is 37.9 Å². The molecule has 146 valence electrons. The van der Waals surface area contributed by atoms with Crippen molar-refractivity contribution < 1.29 is 4.79 Å². The maximum Gasteiger partial charge on any atom is 0.230 e. The summed E-state index contributed by atoms with van der Waals surface area (Å²) in [6.07, 6.45) is 4.48. The molecule has 1 atom stereocenters. The van der Waals surface area contributed by atoms with Crippen LogP contribution in [-0.4, -0.2) is 31.4 Å². The Morgan fingerprint density at radius 1 is 1.11 bits per heavy atom. The number of carbonyl (C=O) groups is 1. The van der Waals surface area contributed by atoms with Crippen LogP contribution < -0.4 is 5.32 Å². The lowest BCUT2D eigenvalue weighted by Gasteiger charge is -2.14. The molecule has 1 aromatic carbocycles. The molecule has 3 aromatic rings. The van der Waals surface area contributed by atoms with Gasteiger partial charge in [-0.2, -0.15) is 0 Å². The number of amides is 1. The molecule has 1 N–H and O–H groups in total. The molecule has 0 aliphatic heterocycles. The fourth-order valence-corrected chi connectivity index (χ4v) is 3.75. The third-order valence-electron chi connectivity index (χ3n) is 4.57. The summed E-state index contributed by atoms with van der Waals surface area (Å²) in [5, 5.41) is 12.4. The molecule has 7 heteroatoms. The monoisotopic (exact) mass is 395 g/mol. The van der Waals surface area contributed by atoms with Crippen molar-refractivity contribution in [1.82, 2.24) is 25.1 Å². The van der Waals surface area contributed by atoms with Gasteiger partial charge in [-0.3, -0.25) is 9.78 Å². The quantitative estimate of drug-likeness (QED) is 0.586. The summed E-state index contributed by atoms with van der Waals surface area (Å²) < 4.78 is 2.01. The number of pyridine rings is 1. The van der Waals surface area contributed by atoms with Crippen molar-refractivity contribution in [3.8, 4) is 11.4 Å². The van der Waals surface area contributed by atoms with Gasteiger partial charge in [0, 0.05) is 24.5 Å². The highest BCUT2D eigenvalue weighted by atomic mass is 32.2. The number of aryl methyl sites for hydroxylation is 1. The first kappa shape index (κ1) is 20.1. The molecule has 0 bridgehead atoms. The van der Waals surface area contributed by atoms with E-state index < -0.39 is 0 Å². The van der Waals surface area contributed by atoms with Crippen LogP contribution in [0.4, 0.5) is 0 Å². The Morgan fingerprint density at radius 3 is 2.46 bits per heavy atom. The fraction of sp³-hybridized carbons (Fsp3) is 0.333. The number of rotatable bonds is 8. The van der Waals surface area contributed by atoms with E-state index in [1.54, 1.807) is 12.4 Å². The molecule has 3 rings (SSSR count). The van der Waals surface area contributed by atoms with Gasteiger partial charge in [-0.15, -0.1) is 10.2 Å². The van der Waals surface area contributed by atoms with Crippen LogP contribution in [0, 0.1) is 0 Å². The van der Waals surface area contributed by atoms with Gasteiger partial charge in [0.2, 0.25) is 5.91 Å². The Hall–Kier alpha value is -2.67. The normalized spacial score (nSPS) is 12.0. The highest BCUT2D eigenvalue weighted by Gasteiger charge is 2.15. The van der Waals surface area contributed by atoms with Gasteiger partial charge >= 0.3 is 0 Å². The zero-order chi connectivity index (χ0) is 19.9. The molecule has 0 spiro atoms. The molecular formula is C21H25N5OS. The van der Waals surface area contributed by atoms with Crippen LogP contribution in [0.3, 0.4) is 0 Å². The lowest BCUT2D eigenvalue weighted by atomic mass is 10.1. The van der Waals surface area contributed by atoms with Gasteiger partial charge in [-0.25, -0.2) is 0 Å². The Morgan fingerprint density at radius 2 is 1.82 bits per heavy atom. The van der Waals surface area contributed by atoms with Crippen molar-refractivity contribution in [2.75, 3.05) is 5.75 Å². The molecule has 28 heavy (non-hydrogen) atoms. The lowest BCUT2D eigenvalue weighted by molar-refractivity contribution is -0.119. The third kappa shape index (κ3) is 4.78. The summed E-state index contributed by atoms with van der Waals surface area (Å²) in [6.45, 7) is 6.90. The summed E-state index contributed by atoms with van der Waals surface area (Å²) in [5.41, 5.74) is 3.36. The van der Waals surface area contributed by atoms with E-state index in [2.05, 4.69) is 51.7 Å². The maximum atomic E-state index is 12.4.